The number of nitrogens with zero attached hydrogens (tertiary/aromatic N) is 6. The van der Waals surface area contributed by atoms with Gasteiger partial charge in [0.25, 0.3) is 16.0 Å². The van der Waals surface area contributed by atoms with Gasteiger partial charge in [0.15, 0.2) is 10.8 Å². The quantitative estimate of drug-likeness (QED) is 0.0359. The highest BCUT2D eigenvalue weighted by atomic mass is 32.2. The number of carbonyl (C=O) groups is 3. The van der Waals surface area contributed by atoms with Gasteiger partial charge in [-0.25, -0.2) is 14.8 Å². The maximum Gasteiger partial charge on any atom is 0.355 e. The second-order valence-electron chi connectivity index (χ2n) is 19.6. The monoisotopic (exact) mass is 1000 g/mol. The lowest BCUT2D eigenvalue weighted by Crippen LogP contribution is -2.49. The van der Waals surface area contributed by atoms with Crippen LogP contribution in [0.4, 0.5) is 10.9 Å². The Bertz CT molecular complexity index is 2780. The predicted octanol–water partition coefficient (Wildman–Crippen LogP) is 7.27. The van der Waals surface area contributed by atoms with Crippen LogP contribution in [0.2, 0.25) is 0 Å². The summed E-state index contributed by atoms with van der Waals surface area (Å²) in [5.74, 6) is -1.15. The number of rotatable bonds is 21. The number of aliphatic carboxylic acids is 1. The number of carboxylic acid groups (broad SMARTS) is 2. The van der Waals surface area contributed by atoms with Crippen LogP contribution in [0, 0.1) is 23.7 Å². The SMILES string of the molecule is C.Cc1c(-c2ccc(N3CCc4c(OCCNCCC(=O)O)ccc(C(=O)Nc5nc6ccccc6s5)c4C3)nc2C(=O)O)cnn1CC12CC(C)CC(C)(CC(OCCN(C)CCS(=O)(=O)O)C1)C2. The molecule has 2 saturated carbocycles. The van der Waals surface area contributed by atoms with Gasteiger partial charge in [-0.1, -0.05) is 44.7 Å². The number of pyridine rings is 1. The summed E-state index contributed by atoms with van der Waals surface area (Å²) in [6, 6.07) is 14.8. The number of benzene rings is 2. The molecule has 70 heavy (non-hydrogen) atoms. The van der Waals surface area contributed by atoms with Crippen LogP contribution in [-0.4, -0.2) is 131 Å². The van der Waals surface area contributed by atoms with Crippen molar-refractivity contribution in [2.75, 3.05) is 69.0 Å². The molecule has 4 unspecified atom stereocenters. The third kappa shape index (κ3) is 12.5. The average molecular weight is 1000 g/mol. The zero-order valence-electron chi connectivity index (χ0n) is 39.6. The third-order valence-corrected chi connectivity index (χ3v) is 15.5. The highest BCUT2D eigenvalue weighted by molar-refractivity contribution is 7.85. The maximum atomic E-state index is 14.0. The Morgan fingerprint density at radius 3 is 2.53 bits per heavy atom. The van der Waals surface area contributed by atoms with Gasteiger partial charge in [-0.15, -0.1) is 0 Å². The third-order valence-electron chi connectivity index (χ3n) is 13.8. The van der Waals surface area contributed by atoms with Crippen LogP contribution >= 0.6 is 11.3 Å². The summed E-state index contributed by atoms with van der Waals surface area (Å²) in [5, 5.41) is 31.1. The molecule has 2 fully saturated rings. The van der Waals surface area contributed by atoms with Crippen molar-refractivity contribution in [3.05, 3.63) is 82.8 Å². The van der Waals surface area contributed by atoms with Crippen LogP contribution in [0.5, 0.6) is 5.75 Å². The molecule has 8 rings (SSSR count). The van der Waals surface area contributed by atoms with Crippen molar-refractivity contribution in [1.29, 1.82) is 0 Å². The molecule has 0 saturated heterocycles. The number of hydrogen-bond donors (Lipinski definition) is 5. The standard InChI is InChI=1S/C49H62N8O10S2.CH4/c1-31-23-48(3)25-33(66-21-18-55(4)19-22-69(63,64)65)26-49(24-31,29-48)30-57-32(2)37(27-51-57)35-10-12-42(53-44(35)46(61)62)56-17-14-34-38(28-56)36(9-11-40(34)67-20-16-50-15-13-43(58)59)45(60)54-47-52-39-7-5-6-8-41(39)68-47;/h5-12,27,31,33,50H,13-26,28-30H2,1-4H3,(H,58,59)(H,61,62)(H,52,54,60)(H,63,64,65);1H4. The molecule has 1 aliphatic heterocycles. The summed E-state index contributed by atoms with van der Waals surface area (Å²) < 4.78 is 47.3. The first-order chi connectivity index (χ1) is 32.9. The number of nitrogens with one attached hydrogen (secondary N) is 2. The summed E-state index contributed by atoms with van der Waals surface area (Å²) in [4.78, 5) is 51.2. The van der Waals surface area contributed by atoms with E-state index in [0.29, 0.717) is 85.1 Å². The second kappa shape index (κ2) is 21.9. The highest BCUT2D eigenvalue weighted by Crippen LogP contribution is 2.58. The first-order valence-electron chi connectivity index (χ1n) is 23.5. The van der Waals surface area contributed by atoms with Crippen LogP contribution in [0.15, 0.2) is 54.7 Å². The zero-order chi connectivity index (χ0) is 49.1. The normalized spacial score (nSPS) is 21.0. The minimum Gasteiger partial charge on any atom is -0.492 e. The molecule has 5 N–H and O–H groups in total. The number of carbonyl (C=O) groups excluding carboxylic acids is 1. The Kier molecular flexibility index (Phi) is 16.3. The van der Waals surface area contributed by atoms with Gasteiger partial charge in [0, 0.05) is 73.8 Å². The topological polar surface area (TPSA) is 239 Å². The lowest BCUT2D eigenvalue weighted by Gasteiger charge is -2.55. The van der Waals surface area contributed by atoms with Crippen molar-refractivity contribution >= 4 is 60.5 Å². The number of anilines is 2. The van der Waals surface area contributed by atoms with Gasteiger partial charge in [-0.3, -0.25) is 24.1 Å². The summed E-state index contributed by atoms with van der Waals surface area (Å²) in [5.41, 5.74) is 4.64. The van der Waals surface area contributed by atoms with Gasteiger partial charge in [-0.2, -0.15) is 13.5 Å². The molecule has 18 nitrogen and oxygen atoms in total. The van der Waals surface area contributed by atoms with E-state index in [0.717, 1.165) is 59.1 Å². The highest BCUT2D eigenvalue weighted by Gasteiger charge is 2.51. The van der Waals surface area contributed by atoms with Crippen molar-refractivity contribution in [3.63, 3.8) is 0 Å². The molecule has 0 spiro atoms. The number of para-hydroxylation sites is 1. The average Bonchev–Trinajstić information content (AvgIpc) is 3.86. The van der Waals surface area contributed by atoms with Crippen molar-refractivity contribution in [3.8, 4) is 16.9 Å². The molecule has 5 aromatic rings. The van der Waals surface area contributed by atoms with Crippen LogP contribution in [0.3, 0.4) is 0 Å². The van der Waals surface area contributed by atoms with Crippen LogP contribution in [0.1, 0.15) is 97.5 Å². The molecular weight excluding hydrogens is 937 g/mol. The molecule has 2 aliphatic carbocycles. The van der Waals surface area contributed by atoms with Crippen molar-refractivity contribution in [1.82, 2.24) is 30.0 Å². The molecule has 3 aromatic heterocycles. The summed E-state index contributed by atoms with van der Waals surface area (Å²) in [6.07, 6.45) is 7.13. The number of aromatic nitrogens is 4. The van der Waals surface area contributed by atoms with Gasteiger partial charge in [0.2, 0.25) is 0 Å². The summed E-state index contributed by atoms with van der Waals surface area (Å²) in [7, 11) is -2.23. The van der Waals surface area contributed by atoms with Gasteiger partial charge in [0.1, 0.15) is 18.2 Å². The van der Waals surface area contributed by atoms with Gasteiger partial charge in [0.05, 0.1) is 41.3 Å². The number of amides is 1. The zero-order valence-corrected chi connectivity index (χ0v) is 41.2. The minimum atomic E-state index is -4.04. The fourth-order valence-electron chi connectivity index (χ4n) is 11.2. The number of thiazole rings is 1. The number of likely N-dealkylation sites (N-methyl/N-ethyl adjacent to an activating group) is 1. The van der Waals surface area contributed by atoms with Crippen LogP contribution < -0.4 is 20.3 Å². The fourth-order valence-corrected chi connectivity index (χ4v) is 12.6. The Morgan fingerprint density at radius 1 is 0.971 bits per heavy atom. The Hall–Kier alpha value is -5.51. The fraction of sp³-hybridized carbons (Fsp3) is 0.520. The number of carboxylic acids is 2. The number of fused-ring (bicyclic) bond motifs is 4. The van der Waals surface area contributed by atoms with E-state index in [1.54, 1.807) is 24.4 Å². The largest absolute Gasteiger partial charge is 0.492 e. The minimum absolute atomic E-state index is 0. The molecule has 3 aliphatic rings. The predicted molar refractivity (Wildman–Crippen MR) is 270 cm³/mol. The molecule has 1 amide bonds. The first-order valence-corrected chi connectivity index (χ1v) is 25.9. The molecule has 20 heteroatoms. The van der Waals surface area contributed by atoms with E-state index in [9.17, 15) is 27.9 Å². The lowest BCUT2D eigenvalue weighted by atomic mass is 9.52. The van der Waals surface area contributed by atoms with Gasteiger partial charge < -0.3 is 34.8 Å². The van der Waals surface area contributed by atoms with E-state index in [2.05, 4.69) is 29.5 Å². The van der Waals surface area contributed by atoms with Crippen molar-refractivity contribution < 1.29 is 47.0 Å². The Labute approximate surface area is 413 Å². The van der Waals surface area contributed by atoms with E-state index >= 15 is 0 Å². The number of aromatic carboxylic acids is 1. The molecule has 4 atom stereocenters. The van der Waals surface area contributed by atoms with Crippen LogP contribution in [-0.2, 0) is 39.2 Å². The smallest absolute Gasteiger partial charge is 0.355 e. The lowest BCUT2D eigenvalue weighted by molar-refractivity contribution is -0.136. The van der Waals surface area contributed by atoms with Crippen molar-refractivity contribution in [2.24, 2.45) is 16.7 Å². The number of hydrogen-bond acceptors (Lipinski definition) is 14. The molecule has 2 aromatic carbocycles. The van der Waals surface area contributed by atoms with Gasteiger partial charge >= 0.3 is 11.9 Å². The molecule has 4 heterocycles. The van der Waals surface area contributed by atoms with Gasteiger partial charge in [-0.05, 0) is 111 Å². The molecule has 2 bridgehead atoms. The van der Waals surface area contributed by atoms with E-state index in [1.165, 1.54) is 11.3 Å². The summed E-state index contributed by atoms with van der Waals surface area (Å²) in [6.45, 7) is 10.2. The Morgan fingerprint density at radius 2 is 1.77 bits per heavy atom. The Balaban J connectivity index is 0.00000722. The second-order valence-corrected chi connectivity index (χ2v) is 22.2. The van der Waals surface area contributed by atoms with E-state index in [-0.39, 0.29) is 67.8 Å². The number of ether oxygens (including phenoxy) is 2. The van der Waals surface area contributed by atoms with E-state index < -0.39 is 22.1 Å². The van der Waals surface area contributed by atoms with Crippen molar-refractivity contribution in [2.45, 2.75) is 92.3 Å². The first kappa shape index (κ1) is 52.3. The molecule has 378 valence electrons. The van der Waals surface area contributed by atoms with E-state index in [1.807, 2.05) is 58.8 Å². The van der Waals surface area contributed by atoms with Crippen LogP contribution in [0.25, 0.3) is 21.3 Å². The van der Waals surface area contributed by atoms with E-state index in [4.69, 9.17) is 29.2 Å². The maximum absolute atomic E-state index is 14.0. The summed E-state index contributed by atoms with van der Waals surface area (Å²) >= 11 is 1.38. The molecule has 0 radical (unpaired) electrons. The molecular formula is C50H66N8O10S2.